The van der Waals surface area contributed by atoms with E-state index in [1.54, 1.807) is 4.90 Å². The summed E-state index contributed by atoms with van der Waals surface area (Å²) in [6.07, 6.45) is 4.63. The highest BCUT2D eigenvalue weighted by Crippen LogP contribution is 2.13. The van der Waals surface area contributed by atoms with Gasteiger partial charge in [-0.2, -0.15) is 0 Å². The molecule has 0 aliphatic carbocycles. The molecule has 0 saturated heterocycles. The van der Waals surface area contributed by atoms with E-state index >= 15 is 0 Å². The molecule has 2 aromatic rings. The third-order valence-electron chi connectivity index (χ3n) is 5.45. The van der Waals surface area contributed by atoms with E-state index in [0.717, 1.165) is 24.1 Å². The molecular formula is C25H37N3O3. The number of aromatic nitrogens is 1. The lowest BCUT2D eigenvalue weighted by atomic mass is 10.1. The molecular weight excluding hydrogens is 390 g/mol. The zero-order valence-electron chi connectivity index (χ0n) is 19.5. The lowest BCUT2D eigenvalue weighted by molar-refractivity contribution is -0.132. The van der Waals surface area contributed by atoms with Crippen molar-refractivity contribution in [3.63, 3.8) is 0 Å². The minimum Gasteiger partial charge on any atom is -0.382 e. The highest BCUT2D eigenvalue weighted by molar-refractivity contribution is 5.97. The van der Waals surface area contributed by atoms with Crippen LogP contribution in [0.5, 0.6) is 0 Å². The summed E-state index contributed by atoms with van der Waals surface area (Å²) in [6.45, 7) is 9.02. The van der Waals surface area contributed by atoms with Gasteiger partial charge in [0.05, 0.1) is 6.54 Å². The molecule has 1 heterocycles. The molecule has 0 atom stereocenters. The standard InChI is InChI=1S/C25H37N3O3/c1-5-7-16-27(19-22-13-10-15-26(22)4)24(29)20-28(17-11-18-31-6-2)25(30)23-14-9-8-12-21(23)3/h8-10,12-15H,5-7,11,16-20H2,1-4H3. The Morgan fingerprint density at radius 1 is 1.00 bits per heavy atom. The van der Waals surface area contributed by atoms with E-state index in [2.05, 4.69) is 6.92 Å². The minimum atomic E-state index is -0.0998. The summed E-state index contributed by atoms with van der Waals surface area (Å²) in [7, 11) is 1.99. The maximum Gasteiger partial charge on any atom is 0.254 e. The second-order valence-corrected chi connectivity index (χ2v) is 7.87. The normalized spacial score (nSPS) is 10.8. The SMILES string of the molecule is CCCCN(Cc1cccn1C)C(=O)CN(CCCOCC)C(=O)c1ccccc1C. The van der Waals surface area contributed by atoms with Crippen LogP contribution in [-0.4, -0.2) is 59.0 Å². The number of aryl methyl sites for hydroxylation is 2. The Hall–Kier alpha value is -2.60. The van der Waals surface area contributed by atoms with Crippen LogP contribution in [0.25, 0.3) is 0 Å². The van der Waals surface area contributed by atoms with E-state index in [9.17, 15) is 9.59 Å². The summed E-state index contributed by atoms with van der Waals surface area (Å²) in [4.78, 5) is 30.1. The molecule has 0 N–H and O–H groups in total. The number of ether oxygens (including phenoxy) is 1. The smallest absolute Gasteiger partial charge is 0.254 e. The maximum atomic E-state index is 13.3. The molecule has 0 bridgehead atoms. The number of nitrogens with zero attached hydrogens (tertiary/aromatic N) is 3. The molecule has 0 fully saturated rings. The largest absolute Gasteiger partial charge is 0.382 e. The summed E-state index contributed by atoms with van der Waals surface area (Å²) in [6, 6.07) is 11.6. The van der Waals surface area contributed by atoms with Crippen molar-refractivity contribution < 1.29 is 14.3 Å². The minimum absolute atomic E-state index is 0.0204. The third kappa shape index (κ3) is 7.55. The second-order valence-electron chi connectivity index (χ2n) is 7.87. The monoisotopic (exact) mass is 427 g/mol. The van der Waals surface area contributed by atoms with E-state index in [-0.39, 0.29) is 18.4 Å². The van der Waals surface area contributed by atoms with Crippen LogP contribution in [0.2, 0.25) is 0 Å². The summed E-state index contributed by atoms with van der Waals surface area (Å²) in [5.41, 5.74) is 2.65. The van der Waals surface area contributed by atoms with Gasteiger partial charge in [-0.25, -0.2) is 0 Å². The number of hydrogen-bond donors (Lipinski definition) is 0. The molecule has 0 unspecified atom stereocenters. The van der Waals surface area contributed by atoms with Gasteiger partial charge < -0.3 is 19.1 Å². The summed E-state index contributed by atoms with van der Waals surface area (Å²) in [5.74, 6) is -0.120. The molecule has 1 aromatic heterocycles. The molecule has 170 valence electrons. The van der Waals surface area contributed by atoms with Gasteiger partial charge in [0.1, 0.15) is 6.54 Å². The van der Waals surface area contributed by atoms with Crippen LogP contribution >= 0.6 is 0 Å². The van der Waals surface area contributed by atoms with E-state index in [1.165, 1.54) is 0 Å². The van der Waals surface area contributed by atoms with Gasteiger partial charge in [-0.1, -0.05) is 31.5 Å². The van der Waals surface area contributed by atoms with Crippen LogP contribution in [0.3, 0.4) is 0 Å². The van der Waals surface area contributed by atoms with Gasteiger partial charge in [0, 0.05) is 50.8 Å². The van der Waals surface area contributed by atoms with Gasteiger partial charge >= 0.3 is 0 Å². The molecule has 6 heteroatoms. The highest BCUT2D eigenvalue weighted by Gasteiger charge is 2.23. The van der Waals surface area contributed by atoms with Crippen LogP contribution in [0.4, 0.5) is 0 Å². The fourth-order valence-electron chi connectivity index (χ4n) is 3.50. The molecule has 2 rings (SSSR count). The molecule has 1 aromatic carbocycles. The molecule has 0 spiro atoms. The van der Waals surface area contributed by atoms with Crippen molar-refractivity contribution in [1.29, 1.82) is 0 Å². The van der Waals surface area contributed by atoms with E-state index in [0.29, 0.717) is 44.8 Å². The summed E-state index contributed by atoms with van der Waals surface area (Å²) >= 11 is 0. The van der Waals surface area contributed by atoms with Crippen molar-refractivity contribution in [2.75, 3.05) is 32.8 Å². The average molecular weight is 428 g/mol. The first-order valence-corrected chi connectivity index (χ1v) is 11.3. The third-order valence-corrected chi connectivity index (χ3v) is 5.45. The Morgan fingerprint density at radius 3 is 2.39 bits per heavy atom. The van der Waals surface area contributed by atoms with Gasteiger partial charge in [0.15, 0.2) is 0 Å². The number of carbonyl (C=O) groups is 2. The zero-order chi connectivity index (χ0) is 22.6. The first-order chi connectivity index (χ1) is 15.0. The Morgan fingerprint density at radius 2 is 1.74 bits per heavy atom. The van der Waals surface area contributed by atoms with E-state index in [1.807, 2.05) is 73.0 Å². The van der Waals surface area contributed by atoms with Crippen LogP contribution in [-0.2, 0) is 23.1 Å². The predicted molar refractivity (Wildman–Crippen MR) is 124 cm³/mol. The Bertz CT molecular complexity index is 831. The van der Waals surface area contributed by atoms with Gasteiger partial charge in [0.2, 0.25) is 5.91 Å². The molecule has 31 heavy (non-hydrogen) atoms. The van der Waals surface area contributed by atoms with Crippen molar-refractivity contribution in [3.05, 3.63) is 59.4 Å². The van der Waals surface area contributed by atoms with Crippen LogP contribution in [0, 0.1) is 6.92 Å². The number of amides is 2. The molecule has 0 aliphatic heterocycles. The van der Waals surface area contributed by atoms with Crippen molar-refractivity contribution in [2.45, 2.75) is 46.6 Å². The van der Waals surface area contributed by atoms with Gasteiger partial charge in [-0.05, 0) is 50.5 Å². The van der Waals surface area contributed by atoms with Crippen molar-refractivity contribution in [1.82, 2.24) is 14.4 Å². The quantitative estimate of drug-likeness (QED) is 0.454. The summed E-state index contributed by atoms with van der Waals surface area (Å²) < 4.78 is 7.48. The van der Waals surface area contributed by atoms with Gasteiger partial charge in [-0.3, -0.25) is 9.59 Å². The average Bonchev–Trinajstić information content (AvgIpc) is 3.17. The number of carbonyl (C=O) groups excluding carboxylic acids is 2. The Balaban J connectivity index is 2.16. The van der Waals surface area contributed by atoms with Crippen LogP contribution < -0.4 is 0 Å². The van der Waals surface area contributed by atoms with Gasteiger partial charge in [-0.15, -0.1) is 0 Å². The fourth-order valence-corrected chi connectivity index (χ4v) is 3.50. The topological polar surface area (TPSA) is 54.8 Å². The van der Waals surface area contributed by atoms with Crippen LogP contribution in [0.15, 0.2) is 42.6 Å². The predicted octanol–water partition coefficient (Wildman–Crippen LogP) is 4.03. The zero-order valence-corrected chi connectivity index (χ0v) is 19.5. The highest BCUT2D eigenvalue weighted by atomic mass is 16.5. The van der Waals surface area contributed by atoms with E-state index in [4.69, 9.17) is 4.74 Å². The van der Waals surface area contributed by atoms with Crippen molar-refractivity contribution >= 4 is 11.8 Å². The lowest BCUT2D eigenvalue weighted by Crippen LogP contribution is -2.44. The Kier molecular flexibility index (Phi) is 10.3. The molecule has 0 radical (unpaired) electrons. The summed E-state index contributed by atoms with van der Waals surface area (Å²) in [5, 5.41) is 0. The van der Waals surface area contributed by atoms with E-state index < -0.39 is 0 Å². The number of hydrogen-bond acceptors (Lipinski definition) is 3. The molecule has 0 aliphatic rings. The number of benzene rings is 1. The molecule has 0 saturated carbocycles. The molecule has 6 nitrogen and oxygen atoms in total. The second kappa shape index (κ2) is 13.0. The van der Waals surface area contributed by atoms with Crippen molar-refractivity contribution in [3.8, 4) is 0 Å². The van der Waals surface area contributed by atoms with Gasteiger partial charge in [0.25, 0.3) is 5.91 Å². The Labute approximate surface area is 186 Å². The lowest BCUT2D eigenvalue weighted by Gasteiger charge is -2.28. The number of rotatable bonds is 13. The number of unbranched alkanes of at least 4 members (excludes halogenated alkanes) is 1. The van der Waals surface area contributed by atoms with Crippen LogP contribution in [0.1, 0.15) is 54.7 Å². The first-order valence-electron chi connectivity index (χ1n) is 11.3. The maximum absolute atomic E-state index is 13.3. The fraction of sp³-hybridized carbons (Fsp3) is 0.520. The first kappa shape index (κ1) is 24.7. The molecule has 2 amide bonds. The van der Waals surface area contributed by atoms with Crippen molar-refractivity contribution in [2.24, 2.45) is 7.05 Å².